The van der Waals surface area contributed by atoms with E-state index < -0.39 is 0 Å². The minimum absolute atomic E-state index is 0.441. The average Bonchev–Trinajstić information content (AvgIpc) is 2.65. The summed E-state index contributed by atoms with van der Waals surface area (Å²) in [5.74, 6) is 0. The molecule has 3 rings (SSSR count). The fourth-order valence-electron chi connectivity index (χ4n) is 3.88. The summed E-state index contributed by atoms with van der Waals surface area (Å²) >= 11 is 0. The molecule has 1 heterocycles. The van der Waals surface area contributed by atoms with Gasteiger partial charge in [-0.1, -0.05) is 18.2 Å². The van der Waals surface area contributed by atoms with E-state index in [1.54, 1.807) is 0 Å². The van der Waals surface area contributed by atoms with E-state index in [2.05, 4.69) is 61.8 Å². The second-order valence-electron chi connectivity index (χ2n) is 7.66. The van der Waals surface area contributed by atoms with Gasteiger partial charge < -0.3 is 4.90 Å². The Morgan fingerprint density at radius 3 is 2.15 bits per heavy atom. The van der Waals surface area contributed by atoms with Crippen molar-refractivity contribution in [2.75, 3.05) is 31.1 Å². The fourth-order valence-corrected chi connectivity index (χ4v) is 3.88. The minimum Gasteiger partial charge on any atom is -0.369 e. The molecule has 1 atom stereocenters. The lowest BCUT2D eigenvalue weighted by Crippen LogP contribution is -2.47. The molecule has 2 aromatic carbocycles. The Kier molecular flexibility index (Phi) is 5.47. The van der Waals surface area contributed by atoms with Crippen molar-refractivity contribution in [2.45, 2.75) is 40.7 Å². The van der Waals surface area contributed by atoms with Crippen LogP contribution < -0.4 is 4.90 Å². The molecular formula is C23H30N2O. The maximum absolute atomic E-state index is 11.1. The predicted octanol–water partition coefficient (Wildman–Crippen LogP) is 4.62. The molecule has 2 aromatic rings. The molecule has 138 valence electrons. The largest absolute Gasteiger partial charge is 0.369 e. The van der Waals surface area contributed by atoms with Crippen molar-refractivity contribution in [2.24, 2.45) is 0 Å². The van der Waals surface area contributed by atoms with Gasteiger partial charge in [0.05, 0.1) is 0 Å². The number of piperazine rings is 1. The predicted molar refractivity (Wildman–Crippen MR) is 109 cm³/mol. The number of benzene rings is 2. The van der Waals surface area contributed by atoms with Gasteiger partial charge in [-0.3, -0.25) is 9.69 Å². The maximum atomic E-state index is 11.1. The van der Waals surface area contributed by atoms with E-state index in [4.69, 9.17) is 0 Å². The first kappa shape index (κ1) is 18.7. The van der Waals surface area contributed by atoms with Crippen molar-refractivity contribution in [3.05, 3.63) is 63.7 Å². The molecule has 26 heavy (non-hydrogen) atoms. The van der Waals surface area contributed by atoms with Crippen molar-refractivity contribution in [3.63, 3.8) is 0 Å². The first-order chi connectivity index (χ1) is 12.4. The molecule has 0 unspecified atom stereocenters. The molecule has 0 bridgehead atoms. The highest BCUT2D eigenvalue weighted by Gasteiger charge is 2.23. The quantitative estimate of drug-likeness (QED) is 0.752. The van der Waals surface area contributed by atoms with E-state index in [0.29, 0.717) is 6.04 Å². The number of hydrogen-bond donors (Lipinski definition) is 0. The number of carbonyl (C=O) groups excluding carboxylic acids is 1. The Morgan fingerprint density at radius 1 is 0.846 bits per heavy atom. The zero-order valence-electron chi connectivity index (χ0n) is 16.7. The zero-order valence-corrected chi connectivity index (χ0v) is 16.7. The molecule has 1 fully saturated rings. The van der Waals surface area contributed by atoms with Crippen LogP contribution in [0.3, 0.4) is 0 Å². The van der Waals surface area contributed by atoms with Crippen LogP contribution in [0.25, 0.3) is 0 Å². The molecule has 3 heteroatoms. The molecule has 1 aliphatic heterocycles. The lowest BCUT2D eigenvalue weighted by molar-refractivity contribution is 0.112. The first-order valence-corrected chi connectivity index (χ1v) is 9.53. The number of rotatable bonds is 4. The van der Waals surface area contributed by atoms with Crippen LogP contribution in [0.4, 0.5) is 5.69 Å². The Morgan fingerprint density at radius 2 is 1.54 bits per heavy atom. The normalized spacial score (nSPS) is 16.6. The van der Waals surface area contributed by atoms with Gasteiger partial charge in [0.2, 0.25) is 0 Å². The summed E-state index contributed by atoms with van der Waals surface area (Å²) < 4.78 is 0. The van der Waals surface area contributed by atoms with Gasteiger partial charge in [-0.2, -0.15) is 0 Å². The van der Waals surface area contributed by atoms with E-state index in [0.717, 1.165) is 43.6 Å². The summed E-state index contributed by atoms with van der Waals surface area (Å²) in [6.07, 6.45) is 0.954. The standard InChI is InChI=1S/C23H30N2O/c1-16-6-7-21(12-17(16)2)20(5)24-8-10-25(11-9-24)23-14-18(3)22(15-26)13-19(23)4/h6-7,12-15,20H,8-11H2,1-5H3/t20-/m0/s1. The van der Waals surface area contributed by atoms with Crippen LogP contribution in [-0.4, -0.2) is 37.4 Å². The monoisotopic (exact) mass is 350 g/mol. The number of nitrogens with zero attached hydrogens (tertiary/aromatic N) is 2. The van der Waals surface area contributed by atoms with Gasteiger partial charge in [-0.15, -0.1) is 0 Å². The maximum Gasteiger partial charge on any atom is 0.150 e. The summed E-state index contributed by atoms with van der Waals surface area (Å²) in [6.45, 7) is 15.0. The molecule has 0 spiro atoms. The molecule has 0 N–H and O–H groups in total. The SMILES string of the molecule is Cc1ccc([C@H](C)N2CCN(c3cc(C)c(C=O)cc3C)CC2)cc1C. The van der Waals surface area contributed by atoms with Crippen molar-refractivity contribution < 1.29 is 4.79 Å². The van der Waals surface area contributed by atoms with Crippen molar-refractivity contribution in [3.8, 4) is 0 Å². The lowest BCUT2D eigenvalue weighted by Gasteiger charge is -2.40. The average molecular weight is 351 g/mol. The Hall–Kier alpha value is -2.13. The van der Waals surface area contributed by atoms with Crippen LogP contribution in [0, 0.1) is 27.7 Å². The Labute approximate surface area is 157 Å². The number of carbonyl (C=O) groups is 1. The second-order valence-corrected chi connectivity index (χ2v) is 7.66. The number of aryl methyl sites for hydroxylation is 4. The summed E-state index contributed by atoms with van der Waals surface area (Å²) in [6, 6.07) is 11.5. The van der Waals surface area contributed by atoms with Gasteiger partial charge in [0, 0.05) is 43.5 Å². The van der Waals surface area contributed by atoms with Crippen molar-refractivity contribution in [1.29, 1.82) is 0 Å². The van der Waals surface area contributed by atoms with E-state index in [9.17, 15) is 4.79 Å². The van der Waals surface area contributed by atoms with Gasteiger partial charge in [0.1, 0.15) is 6.29 Å². The summed E-state index contributed by atoms with van der Waals surface area (Å²) in [5, 5.41) is 0. The van der Waals surface area contributed by atoms with Crippen LogP contribution in [-0.2, 0) is 0 Å². The van der Waals surface area contributed by atoms with Gasteiger partial charge in [-0.05, 0) is 74.6 Å². The van der Waals surface area contributed by atoms with Crippen molar-refractivity contribution >= 4 is 12.0 Å². The minimum atomic E-state index is 0.441. The fraction of sp³-hybridized carbons (Fsp3) is 0.435. The number of hydrogen-bond acceptors (Lipinski definition) is 3. The summed E-state index contributed by atoms with van der Waals surface area (Å²) in [7, 11) is 0. The van der Waals surface area contributed by atoms with Gasteiger partial charge in [0.25, 0.3) is 0 Å². The van der Waals surface area contributed by atoms with E-state index in [1.165, 1.54) is 27.9 Å². The number of anilines is 1. The van der Waals surface area contributed by atoms with Gasteiger partial charge in [0.15, 0.2) is 0 Å². The summed E-state index contributed by atoms with van der Waals surface area (Å²) in [5.41, 5.74) is 8.45. The third-order valence-electron chi connectivity index (χ3n) is 5.93. The molecule has 1 saturated heterocycles. The Bertz CT molecular complexity index is 804. The smallest absolute Gasteiger partial charge is 0.150 e. The molecule has 0 radical (unpaired) electrons. The summed E-state index contributed by atoms with van der Waals surface area (Å²) in [4.78, 5) is 16.2. The highest BCUT2D eigenvalue weighted by molar-refractivity contribution is 5.79. The molecule has 0 amide bonds. The molecule has 0 saturated carbocycles. The van der Waals surface area contributed by atoms with Gasteiger partial charge >= 0.3 is 0 Å². The molecule has 1 aliphatic rings. The first-order valence-electron chi connectivity index (χ1n) is 9.53. The van der Waals surface area contributed by atoms with Gasteiger partial charge in [-0.25, -0.2) is 0 Å². The van der Waals surface area contributed by atoms with E-state index >= 15 is 0 Å². The van der Waals surface area contributed by atoms with Crippen LogP contribution in [0.5, 0.6) is 0 Å². The van der Waals surface area contributed by atoms with Crippen molar-refractivity contribution in [1.82, 2.24) is 4.90 Å². The highest BCUT2D eigenvalue weighted by atomic mass is 16.1. The highest BCUT2D eigenvalue weighted by Crippen LogP contribution is 2.28. The van der Waals surface area contributed by atoms with Crippen LogP contribution in [0.2, 0.25) is 0 Å². The van der Waals surface area contributed by atoms with Crippen LogP contribution >= 0.6 is 0 Å². The second kappa shape index (κ2) is 7.63. The zero-order chi connectivity index (χ0) is 18.8. The van der Waals surface area contributed by atoms with E-state index in [1.807, 2.05) is 13.0 Å². The van der Waals surface area contributed by atoms with Crippen LogP contribution in [0.1, 0.15) is 51.1 Å². The topological polar surface area (TPSA) is 23.6 Å². The Balaban J connectivity index is 1.70. The molecule has 0 aliphatic carbocycles. The molecule has 3 nitrogen and oxygen atoms in total. The number of aldehydes is 1. The third kappa shape index (κ3) is 3.68. The van der Waals surface area contributed by atoms with Crippen LogP contribution in [0.15, 0.2) is 30.3 Å². The lowest BCUT2D eigenvalue weighted by atomic mass is 10.00. The third-order valence-corrected chi connectivity index (χ3v) is 5.93. The molecule has 0 aromatic heterocycles. The van der Waals surface area contributed by atoms with E-state index in [-0.39, 0.29) is 0 Å². The molecular weight excluding hydrogens is 320 g/mol.